The zero-order valence-electron chi connectivity index (χ0n) is 16.1. The summed E-state index contributed by atoms with van der Waals surface area (Å²) in [4.78, 5) is 0.982. The molecule has 0 saturated carbocycles. The molecule has 0 bridgehead atoms. The Balaban J connectivity index is 1.53. The van der Waals surface area contributed by atoms with E-state index in [1.165, 1.54) is 0 Å². The number of rotatable bonds is 7. The standard InChI is InChI=1S/C20H24F2N2O4S/c1-15-5-2-3-8-19(15)28-14-16(25)13-23-9-11-24(12-10-23)29(26,27)20-17(21)6-4-7-18(20)22/h2-8,16,25H,9-14H2,1H3. The largest absolute Gasteiger partial charge is 0.491 e. The van der Waals surface area contributed by atoms with Crippen LogP contribution in [0.4, 0.5) is 8.78 Å². The van der Waals surface area contributed by atoms with Crippen LogP contribution in [-0.2, 0) is 10.0 Å². The lowest BCUT2D eigenvalue weighted by Crippen LogP contribution is -2.51. The van der Waals surface area contributed by atoms with Gasteiger partial charge in [0.15, 0.2) is 4.90 Å². The highest BCUT2D eigenvalue weighted by Crippen LogP contribution is 2.23. The summed E-state index contributed by atoms with van der Waals surface area (Å²) in [5, 5.41) is 10.2. The van der Waals surface area contributed by atoms with Gasteiger partial charge in [-0.1, -0.05) is 24.3 Å². The van der Waals surface area contributed by atoms with Crippen molar-refractivity contribution >= 4 is 10.0 Å². The van der Waals surface area contributed by atoms with Crippen LogP contribution in [0.2, 0.25) is 0 Å². The minimum Gasteiger partial charge on any atom is -0.491 e. The zero-order chi connectivity index (χ0) is 21.0. The molecule has 0 aliphatic carbocycles. The summed E-state index contributed by atoms with van der Waals surface area (Å²) < 4.78 is 59.7. The average Bonchev–Trinajstić information content (AvgIpc) is 2.67. The molecule has 0 aromatic heterocycles. The van der Waals surface area contributed by atoms with Crippen LogP contribution in [0.25, 0.3) is 0 Å². The number of ether oxygens (including phenoxy) is 1. The zero-order valence-corrected chi connectivity index (χ0v) is 16.9. The SMILES string of the molecule is Cc1ccccc1OCC(O)CN1CCN(S(=O)(=O)c2c(F)cccc2F)CC1. The summed E-state index contributed by atoms with van der Waals surface area (Å²) in [6, 6.07) is 10.5. The lowest BCUT2D eigenvalue weighted by molar-refractivity contribution is 0.0567. The van der Waals surface area contributed by atoms with Gasteiger partial charge in [-0.25, -0.2) is 17.2 Å². The van der Waals surface area contributed by atoms with Gasteiger partial charge in [0.2, 0.25) is 10.0 Å². The molecule has 2 aromatic rings. The second-order valence-electron chi connectivity index (χ2n) is 6.99. The van der Waals surface area contributed by atoms with Gasteiger partial charge in [0.25, 0.3) is 0 Å². The van der Waals surface area contributed by atoms with Crippen molar-refractivity contribution in [3.05, 3.63) is 59.7 Å². The summed E-state index contributed by atoms with van der Waals surface area (Å²) in [6.07, 6.45) is -0.748. The number of halogens is 2. The van der Waals surface area contributed by atoms with Crippen molar-refractivity contribution in [1.82, 2.24) is 9.21 Å². The maximum Gasteiger partial charge on any atom is 0.249 e. The van der Waals surface area contributed by atoms with Crippen molar-refractivity contribution in [2.75, 3.05) is 39.3 Å². The Morgan fingerprint density at radius 2 is 1.66 bits per heavy atom. The smallest absolute Gasteiger partial charge is 0.249 e. The molecule has 1 saturated heterocycles. The lowest BCUT2D eigenvalue weighted by Gasteiger charge is -2.34. The van der Waals surface area contributed by atoms with E-state index in [4.69, 9.17) is 4.74 Å². The van der Waals surface area contributed by atoms with E-state index in [1.807, 2.05) is 36.1 Å². The number of aliphatic hydroxyl groups excluding tert-OH is 1. The number of aryl methyl sites for hydroxylation is 1. The van der Waals surface area contributed by atoms with Gasteiger partial charge in [0.05, 0.1) is 0 Å². The molecule has 9 heteroatoms. The van der Waals surface area contributed by atoms with Gasteiger partial charge in [0.1, 0.15) is 30.1 Å². The van der Waals surface area contributed by atoms with Crippen LogP contribution >= 0.6 is 0 Å². The fourth-order valence-corrected chi connectivity index (χ4v) is 4.80. The topological polar surface area (TPSA) is 70.1 Å². The maximum absolute atomic E-state index is 13.9. The Labute approximate surface area is 169 Å². The fraction of sp³-hybridized carbons (Fsp3) is 0.400. The Morgan fingerprint density at radius 1 is 1.03 bits per heavy atom. The normalized spacial score (nSPS) is 17.2. The summed E-state index contributed by atoms with van der Waals surface area (Å²) in [7, 11) is -4.26. The van der Waals surface area contributed by atoms with Crippen LogP contribution in [0, 0.1) is 18.6 Å². The third kappa shape index (κ3) is 5.11. The fourth-order valence-electron chi connectivity index (χ4n) is 3.27. The van der Waals surface area contributed by atoms with Gasteiger partial charge >= 0.3 is 0 Å². The molecule has 1 N–H and O–H groups in total. The molecule has 0 spiro atoms. The molecule has 1 heterocycles. The number of nitrogens with zero attached hydrogens (tertiary/aromatic N) is 2. The number of sulfonamides is 1. The molecule has 2 aromatic carbocycles. The van der Waals surface area contributed by atoms with Gasteiger partial charge in [-0.05, 0) is 30.7 Å². The Morgan fingerprint density at radius 3 is 2.28 bits per heavy atom. The van der Waals surface area contributed by atoms with Crippen LogP contribution in [0.1, 0.15) is 5.56 Å². The molecule has 29 heavy (non-hydrogen) atoms. The molecular weight excluding hydrogens is 402 g/mol. The number of hydrogen-bond acceptors (Lipinski definition) is 5. The number of aliphatic hydroxyl groups is 1. The van der Waals surface area contributed by atoms with Gasteiger partial charge in [-0.2, -0.15) is 4.31 Å². The molecular formula is C20H24F2N2O4S. The van der Waals surface area contributed by atoms with E-state index in [1.54, 1.807) is 0 Å². The van der Waals surface area contributed by atoms with E-state index in [2.05, 4.69) is 0 Å². The van der Waals surface area contributed by atoms with Crippen LogP contribution in [0.5, 0.6) is 5.75 Å². The first-order valence-electron chi connectivity index (χ1n) is 9.32. The van der Waals surface area contributed by atoms with Crippen LogP contribution in [0.3, 0.4) is 0 Å². The molecule has 0 amide bonds. The highest BCUT2D eigenvalue weighted by atomic mass is 32.2. The number of β-amino-alcohol motifs (C(OH)–C–C–N with tert-alkyl or cyclic N) is 1. The Hall–Kier alpha value is -2.07. The van der Waals surface area contributed by atoms with Gasteiger partial charge in [-0.3, -0.25) is 4.90 Å². The van der Waals surface area contributed by atoms with Crippen LogP contribution in [-0.4, -0.2) is 68.2 Å². The summed E-state index contributed by atoms with van der Waals surface area (Å²) >= 11 is 0. The number of benzene rings is 2. The van der Waals surface area contributed by atoms with E-state index in [-0.39, 0.29) is 19.7 Å². The molecule has 0 radical (unpaired) electrons. The minimum atomic E-state index is -4.26. The van der Waals surface area contributed by atoms with E-state index in [0.717, 1.165) is 28.1 Å². The van der Waals surface area contributed by atoms with Gasteiger partial charge in [-0.15, -0.1) is 0 Å². The van der Waals surface area contributed by atoms with E-state index < -0.39 is 32.7 Å². The first kappa shape index (κ1) is 21.6. The predicted molar refractivity (Wildman–Crippen MR) is 104 cm³/mol. The van der Waals surface area contributed by atoms with Crippen LogP contribution in [0.15, 0.2) is 47.4 Å². The molecule has 1 atom stereocenters. The van der Waals surface area contributed by atoms with E-state index in [0.29, 0.717) is 25.4 Å². The van der Waals surface area contributed by atoms with Crippen molar-refractivity contribution in [1.29, 1.82) is 0 Å². The summed E-state index contributed by atoms with van der Waals surface area (Å²) in [5.74, 6) is -1.50. The molecule has 6 nitrogen and oxygen atoms in total. The summed E-state index contributed by atoms with van der Waals surface area (Å²) in [5.41, 5.74) is 0.971. The van der Waals surface area contributed by atoms with Gasteiger partial charge in [0, 0.05) is 32.7 Å². The minimum absolute atomic E-state index is 0.0848. The van der Waals surface area contributed by atoms with Crippen molar-refractivity contribution in [3.63, 3.8) is 0 Å². The highest BCUT2D eigenvalue weighted by Gasteiger charge is 2.33. The van der Waals surface area contributed by atoms with Crippen molar-refractivity contribution < 1.29 is 27.0 Å². The molecule has 1 unspecified atom stereocenters. The highest BCUT2D eigenvalue weighted by molar-refractivity contribution is 7.89. The second-order valence-corrected chi connectivity index (χ2v) is 8.86. The molecule has 1 aliphatic heterocycles. The monoisotopic (exact) mass is 426 g/mol. The van der Waals surface area contributed by atoms with Crippen molar-refractivity contribution in [2.45, 2.75) is 17.9 Å². The molecule has 158 valence electrons. The predicted octanol–water partition coefficient (Wildman–Crippen LogP) is 2.02. The Kier molecular flexibility index (Phi) is 6.84. The van der Waals surface area contributed by atoms with Crippen molar-refractivity contribution in [2.24, 2.45) is 0 Å². The third-order valence-electron chi connectivity index (χ3n) is 4.84. The molecule has 1 aliphatic rings. The number of piperazine rings is 1. The second kappa shape index (κ2) is 9.17. The molecule has 3 rings (SSSR count). The first-order chi connectivity index (χ1) is 13.8. The average molecular weight is 426 g/mol. The van der Waals surface area contributed by atoms with E-state index in [9.17, 15) is 22.3 Å². The maximum atomic E-state index is 13.9. The third-order valence-corrected chi connectivity index (χ3v) is 6.79. The number of para-hydroxylation sites is 1. The quantitative estimate of drug-likeness (QED) is 0.734. The van der Waals surface area contributed by atoms with Gasteiger partial charge < -0.3 is 9.84 Å². The van der Waals surface area contributed by atoms with Crippen LogP contribution < -0.4 is 4.74 Å². The van der Waals surface area contributed by atoms with Crippen molar-refractivity contribution in [3.8, 4) is 5.75 Å². The van der Waals surface area contributed by atoms with E-state index >= 15 is 0 Å². The lowest BCUT2D eigenvalue weighted by atomic mass is 10.2. The Bertz CT molecular complexity index is 927. The summed E-state index contributed by atoms with van der Waals surface area (Å²) in [6.45, 7) is 3.20. The number of hydrogen-bond donors (Lipinski definition) is 1. The molecule has 1 fully saturated rings. The first-order valence-corrected chi connectivity index (χ1v) is 10.8.